The topological polar surface area (TPSA) is 108 Å². The van der Waals surface area contributed by atoms with Crippen molar-refractivity contribution in [2.45, 2.75) is 17.4 Å². The highest BCUT2D eigenvalue weighted by Crippen LogP contribution is 2.29. The number of hydrogen-bond donors (Lipinski definition) is 1. The van der Waals surface area contributed by atoms with E-state index in [2.05, 4.69) is 19.9 Å². The number of halogens is 1. The van der Waals surface area contributed by atoms with Crippen LogP contribution < -0.4 is 10.3 Å². The molecule has 0 saturated heterocycles. The second kappa shape index (κ2) is 11.9. The van der Waals surface area contributed by atoms with E-state index in [0.717, 1.165) is 5.56 Å². The minimum absolute atomic E-state index is 0.276. The molecule has 11 heteroatoms. The summed E-state index contributed by atoms with van der Waals surface area (Å²) in [5, 5.41) is 1.48. The number of aromatic amines is 1. The predicted molar refractivity (Wildman–Crippen MR) is 155 cm³/mol. The number of imidazole rings is 1. The van der Waals surface area contributed by atoms with Crippen LogP contribution in [0, 0.1) is 0 Å². The molecule has 0 saturated carbocycles. The summed E-state index contributed by atoms with van der Waals surface area (Å²) >= 11 is 7.98. The van der Waals surface area contributed by atoms with E-state index in [1.54, 1.807) is 35.2 Å². The van der Waals surface area contributed by atoms with Gasteiger partial charge < -0.3 is 14.5 Å². The van der Waals surface area contributed by atoms with Crippen LogP contribution in [0.5, 0.6) is 5.75 Å². The number of fused-ring (bicyclic) bond motifs is 2. The summed E-state index contributed by atoms with van der Waals surface area (Å²) in [7, 11) is 0. The third kappa shape index (κ3) is 5.42. The van der Waals surface area contributed by atoms with Crippen LogP contribution in [0.15, 0.2) is 95.3 Å². The summed E-state index contributed by atoms with van der Waals surface area (Å²) in [4.78, 5) is 34.8. The minimum Gasteiger partial charge on any atom is -0.490 e. The number of nitrogens with zero attached hydrogens (tertiary/aromatic N) is 5. The molecular formula is C29H23ClN6O3S. The van der Waals surface area contributed by atoms with Gasteiger partial charge >= 0.3 is 0 Å². The number of benzene rings is 3. The van der Waals surface area contributed by atoms with Gasteiger partial charge in [0.2, 0.25) is 0 Å². The molecule has 6 rings (SSSR count). The highest BCUT2D eigenvalue weighted by molar-refractivity contribution is 7.98. The van der Waals surface area contributed by atoms with Gasteiger partial charge in [-0.2, -0.15) is 0 Å². The highest BCUT2D eigenvalue weighted by Gasteiger charge is 2.19. The molecule has 3 aromatic heterocycles. The van der Waals surface area contributed by atoms with Crippen LogP contribution in [-0.2, 0) is 17.1 Å². The fraction of sp³-hybridized carbons (Fsp3) is 0.138. The number of thioether (sulfide) groups is 1. The van der Waals surface area contributed by atoms with E-state index in [4.69, 9.17) is 26.1 Å². The molecule has 0 fully saturated rings. The van der Waals surface area contributed by atoms with Crippen LogP contribution >= 0.6 is 23.4 Å². The Bertz CT molecular complexity index is 1840. The third-order valence-corrected chi connectivity index (χ3v) is 7.43. The van der Waals surface area contributed by atoms with Gasteiger partial charge in [-0.25, -0.2) is 19.9 Å². The lowest BCUT2D eigenvalue weighted by atomic mass is 10.2. The second-order valence-electron chi connectivity index (χ2n) is 8.72. The Morgan fingerprint density at radius 1 is 0.925 bits per heavy atom. The first-order valence-corrected chi connectivity index (χ1v) is 13.9. The van der Waals surface area contributed by atoms with Gasteiger partial charge in [0.25, 0.3) is 5.56 Å². The summed E-state index contributed by atoms with van der Waals surface area (Å²) in [6, 6.07) is 22.5. The zero-order valence-corrected chi connectivity index (χ0v) is 22.7. The number of ether oxygens (including phenoxy) is 2. The lowest BCUT2D eigenvalue weighted by Gasteiger charge is -2.16. The Hall–Kier alpha value is -4.25. The number of nitrogens with one attached hydrogen (secondary N) is 1. The van der Waals surface area contributed by atoms with Crippen LogP contribution in [0.3, 0.4) is 0 Å². The second-order valence-corrected chi connectivity index (χ2v) is 10.1. The van der Waals surface area contributed by atoms with Crippen molar-refractivity contribution in [2.75, 3.05) is 13.2 Å². The van der Waals surface area contributed by atoms with Gasteiger partial charge in [-0.15, -0.1) is 0 Å². The van der Waals surface area contributed by atoms with E-state index in [1.807, 2.05) is 48.5 Å². The molecule has 0 unspecified atom stereocenters. The van der Waals surface area contributed by atoms with E-state index in [-0.39, 0.29) is 12.2 Å². The van der Waals surface area contributed by atoms with Crippen LogP contribution in [0.25, 0.3) is 27.8 Å². The largest absolute Gasteiger partial charge is 0.490 e. The fourth-order valence-corrected chi connectivity index (χ4v) is 5.39. The first-order chi connectivity index (χ1) is 19.7. The molecule has 9 nitrogen and oxygen atoms in total. The van der Waals surface area contributed by atoms with Crippen LogP contribution in [0.1, 0.15) is 11.4 Å². The lowest BCUT2D eigenvalue weighted by Crippen LogP contribution is -2.24. The van der Waals surface area contributed by atoms with E-state index < -0.39 is 0 Å². The maximum absolute atomic E-state index is 14.1. The summed E-state index contributed by atoms with van der Waals surface area (Å²) < 4.78 is 13.3. The monoisotopic (exact) mass is 570 g/mol. The first-order valence-electron chi connectivity index (χ1n) is 12.5. The molecule has 0 spiro atoms. The SMILES string of the molecule is O=c1c2c(OCCOCc3ccccc3)cccc2nc(CSc2ncnc3[nH]cnc23)n1-c1ccccc1Cl. The van der Waals surface area contributed by atoms with Crippen molar-refractivity contribution in [3.8, 4) is 11.4 Å². The average Bonchev–Trinajstić information content (AvgIpc) is 3.47. The van der Waals surface area contributed by atoms with E-state index >= 15 is 0 Å². The Balaban J connectivity index is 1.32. The summed E-state index contributed by atoms with van der Waals surface area (Å²) in [6.07, 6.45) is 3.05. The van der Waals surface area contributed by atoms with Crippen molar-refractivity contribution in [2.24, 2.45) is 0 Å². The molecule has 0 amide bonds. The Morgan fingerprint density at radius 3 is 2.65 bits per heavy atom. The average molecular weight is 571 g/mol. The highest BCUT2D eigenvalue weighted by atomic mass is 35.5. The zero-order valence-electron chi connectivity index (χ0n) is 21.2. The quantitative estimate of drug-likeness (QED) is 0.129. The molecule has 3 aromatic carbocycles. The maximum atomic E-state index is 14.1. The van der Waals surface area contributed by atoms with Crippen LogP contribution in [0.2, 0.25) is 5.02 Å². The van der Waals surface area contributed by atoms with Crippen LogP contribution in [-0.4, -0.2) is 42.7 Å². The smallest absolute Gasteiger partial charge is 0.269 e. The van der Waals surface area contributed by atoms with Crippen molar-refractivity contribution < 1.29 is 9.47 Å². The molecule has 0 aliphatic heterocycles. The van der Waals surface area contributed by atoms with Gasteiger partial charge in [-0.3, -0.25) is 9.36 Å². The Labute approximate surface area is 238 Å². The summed E-state index contributed by atoms with van der Waals surface area (Å²) in [5.41, 5.74) is 3.17. The lowest BCUT2D eigenvalue weighted by molar-refractivity contribution is 0.0893. The molecule has 0 radical (unpaired) electrons. The number of rotatable bonds is 10. The molecule has 40 heavy (non-hydrogen) atoms. The van der Waals surface area contributed by atoms with Crippen molar-refractivity contribution in [1.82, 2.24) is 29.5 Å². The molecule has 0 atom stereocenters. The van der Waals surface area contributed by atoms with Crippen LogP contribution in [0.4, 0.5) is 0 Å². The zero-order chi connectivity index (χ0) is 27.3. The van der Waals surface area contributed by atoms with E-state index in [1.165, 1.54) is 18.1 Å². The number of hydrogen-bond acceptors (Lipinski definition) is 8. The van der Waals surface area contributed by atoms with Gasteiger partial charge in [0.05, 0.1) is 41.5 Å². The minimum atomic E-state index is -0.276. The number of H-pyrrole nitrogens is 1. The van der Waals surface area contributed by atoms with Gasteiger partial charge in [-0.1, -0.05) is 71.9 Å². The van der Waals surface area contributed by atoms with Crippen molar-refractivity contribution in [3.05, 3.63) is 112 Å². The predicted octanol–water partition coefficient (Wildman–Crippen LogP) is 5.59. The third-order valence-electron chi connectivity index (χ3n) is 6.14. The fourth-order valence-electron chi connectivity index (χ4n) is 4.30. The van der Waals surface area contributed by atoms with Crippen molar-refractivity contribution in [3.63, 3.8) is 0 Å². The standard InChI is InChI=1S/C29H23ClN6O3S/c30-20-9-4-5-11-22(20)36-24(16-40-28-26-27(32-17-31-26)33-18-34-28)35-21-10-6-12-23(25(21)29(36)37)39-14-13-38-15-19-7-2-1-3-8-19/h1-12,17-18H,13-16H2,(H,31,32,33,34). The normalized spacial score (nSPS) is 11.3. The first kappa shape index (κ1) is 26.0. The van der Waals surface area contributed by atoms with Gasteiger partial charge in [0, 0.05) is 0 Å². The van der Waals surface area contributed by atoms with E-state index in [9.17, 15) is 4.79 Å². The number of para-hydroxylation sites is 1. The molecule has 3 heterocycles. The molecule has 0 aliphatic carbocycles. The summed E-state index contributed by atoms with van der Waals surface area (Å²) in [5.74, 6) is 1.29. The van der Waals surface area contributed by atoms with Crippen molar-refractivity contribution in [1.29, 1.82) is 0 Å². The van der Waals surface area contributed by atoms with Gasteiger partial charge in [0.15, 0.2) is 5.65 Å². The summed E-state index contributed by atoms with van der Waals surface area (Å²) in [6.45, 7) is 1.13. The Kier molecular flexibility index (Phi) is 7.71. The maximum Gasteiger partial charge on any atom is 0.269 e. The molecule has 0 bridgehead atoms. The van der Waals surface area contributed by atoms with Gasteiger partial charge in [0.1, 0.15) is 40.4 Å². The Morgan fingerprint density at radius 2 is 1.77 bits per heavy atom. The van der Waals surface area contributed by atoms with Gasteiger partial charge in [-0.05, 0) is 29.8 Å². The molecular weight excluding hydrogens is 548 g/mol. The van der Waals surface area contributed by atoms with Crippen molar-refractivity contribution >= 4 is 45.4 Å². The molecule has 1 N–H and O–H groups in total. The molecule has 200 valence electrons. The molecule has 6 aromatic rings. The number of aromatic nitrogens is 6. The van der Waals surface area contributed by atoms with E-state index in [0.29, 0.717) is 68.3 Å². The molecule has 0 aliphatic rings.